The average molecular weight is 420 g/mol. The van der Waals surface area contributed by atoms with Crippen molar-refractivity contribution in [2.45, 2.75) is 25.8 Å². The molecule has 0 spiro atoms. The Morgan fingerprint density at radius 2 is 1.90 bits per heavy atom. The van der Waals surface area contributed by atoms with Gasteiger partial charge < -0.3 is 23.6 Å². The van der Waals surface area contributed by atoms with E-state index in [9.17, 15) is 9.59 Å². The van der Waals surface area contributed by atoms with Crippen molar-refractivity contribution in [3.63, 3.8) is 0 Å². The number of carbonyl (C=O) groups excluding carboxylic acids is 2. The molecule has 9 heteroatoms. The predicted octanol–water partition coefficient (Wildman–Crippen LogP) is 3.42. The molecular weight excluding hydrogens is 400 g/mol. The predicted molar refractivity (Wildman–Crippen MR) is 109 cm³/mol. The lowest BCUT2D eigenvalue weighted by Gasteiger charge is -2.32. The Morgan fingerprint density at radius 3 is 2.61 bits per heavy atom. The number of nitrogens with zero attached hydrogens (tertiary/aromatic N) is 3. The van der Waals surface area contributed by atoms with Crippen LogP contribution in [0.25, 0.3) is 22.6 Å². The van der Waals surface area contributed by atoms with Gasteiger partial charge in [-0.2, -0.15) is 0 Å². The summed E-state index contributed by atoms with van der Waals surface area (Å²) in [4.78, 5) is 31.8. The third-order valence-corrected chi connectivity index (χ3v) is 5.48. The molecule has 0 unspecified atom stereocenters. The van der Waals surface area contributed by atoms with Crippen molar-refractivity contribution in [2.75, 3.05) is 13.1 Å². The van der Waals surface area contributed by atoms with Crippen molar-refractivity contribution in [1.29, 1.82) is 0 Å². The normalized spacial score (nSPS) is 14.8. The van der Waals surface area contributed by atoms with Crippen molar-refractivity contribution in [1.82, 2.24) is 20.4 Å². The maximum atomic E-state index is 13.2. The van der Waals surface area contributed by atoms with Crippen molar-refractivity contribution in [3.8, 4) is 11.5 Å². The minimum absolute atomic E-state index is 0.0522. The van der Waals surface area contributed by atoms with Gasteiger partial charge in [0.15, 0.2) is 11.5 Å². The van der Waals surface area contributed by atoms with Crippen LogP contribution in [0.15, 0.2) is 56.2 Å². The van der Waals surface area contributed by atoms with E-state index in [0.717, 1.165) is 0 Å². The number of nitrogens with one attached hydrogen (secondary N) is 1. The second-order valence-corrected chi connectivity index (χ2v) is 7.50. The first-order valence-corrected chi connectivity index (χ1v) is 10.0. The van der Waals surface area contributed by atoms with Gasteiger partial charge in [0.2, 0.25) is 0 Å². The topological polar surface area (TPSA) is 115 Å². The standard InChI is InChI=1S/C22H20N4O5/c1-13-19-15(12-16(17-4-2-10-29-17)24-21(19)31-25-13)20(27)23-14-6-8-26(9-7-14)22(28)18-5-3-11-30-18/h2-5,10-12,14H,6-9H2,1H3,(H,23,27). The first-order chi connectivity index (χ1) is 15.1. The van der Waals surface area contributed by atoms with Crippen LogP contribution in [0.1, 0.15) is 39.4 Å². The highest BCUT2D eigenvalue weighted by atomic mass is 16.5. The summed E-state index contributed by atoms with van der Waals surface area (Å²) in [6.45, 7) is 2.86. The minimum atomic E-state index is -0.234. The van der Waals surface area contributed by atoms with E-state index >= 15 is 0 Å². The van der Waals surface area contributed by atoms with E-state index in [4.69, 9.17) is 13.4 Å². The Balaban J connectivity index is 1.33. The van der Waals surface area contributed by atoms with Crippen LogP contribution in [0.3, 0.4) is 0 Å². The number of aryl methyl sites for hydroxylation is 1. The largest absolute Gasteiger partial charge is 0.463 e. The summed E-state index contributed by atoms with van der Waals surface area (Å²) in [7, 11) is 0. The van der Waals surface area contributed by atoms with Crippen LogP contribution in [0.4, 0.5) is 0 Å². The number of piperidine rings is 1. The van der Waals surface area contributed by atoms with E-state index in [1.165, 1.54) is 6.26 Å². The summed E-state index contributed by atoms with van der Waals surface area (Å²) in [5, 5.41) is 7.63. The molecule has 5 heterocycles. The number of pyridine rings is 1. The maximum absolute atomic E-state index is 13.2. The fraction of sp³-hybridized carbons (Fsp3) is 0.273. The van der Waals surface area contributed by atoms with Gasteiger partial charge in [-0.15, -0.1) is 0 Å². The van der Waals surface area contributed by atoms with E-state index in [2.05, 4.69) is 15.5 Å². The molecule has 4 aromatic rings. The smallest absolute Gasteiger partial charge is 0.289 e. The third-order valence-electron chi connectivity index (χ3n) is 5.48. The Kier molecular flexibility index (Phi) is 4.78. The van der Waals surface area contributed by atoms with Crippen LogP contribution < -0.4 is 5.32 Å². The molecule has 1 aliphatic heterocycles. The van der Waals surface area contributed by atoms with Crippen molar-refractivity contribution < 1.29 is 22.9 Å². The van der Waals surface area contributed by atoms with Gasteiger partial charge in [0.1, 0.15) is 5.69 Å². The number of rotatable bonds is 4. The summed E-state index contributed by atoms with van der Waals surface area (Å²) >= 11 is 0. The number of likely N-dealkylation sites (tertiary alicyclic amines) is 1. The highest BCUT2D eigenvalue weighted by molar-refractivity contribution is 6.07. The highest BCUT2D eigenvalue weighted by Gasteiger charge is 2.27. The van der Waals surface area contributed by atoms with Crippen LogP contribution in [0, 0.1) is 6.92 Å². The average Bonchev–Trinajstić information content (AvgIpc) is 3.56. The second-order valence-electron chi connectivity index (χ2n) is 7.50. The molecule has 1 N–H and O–H groups in total. The van der Waals surface area contributed by atoms with E-state index in [-0.39, 0.29) is 23.6 Å². The van der Waals surface area contributed by atoms with Crippen molar-refractivity contribution in [2.24, 2.45) is 0 Å². The summed E-state index contributed by atoms with van der Waals surface area (Å²) in [6, 6.07) is 8.51. The Morgan fingerprint density at radius 1 is 1.13 bits per heavy atom. The minimum Gasteiger partial charge on any atom is -0.463 e. The number of furan rings is 2. The van der Waals surface area contributed by atoms with E-state index < -0.39 is 0 Å². The van der Waals surface area contributed by atoms with Gasteiger partial charge >= 0.3 is 0 Å². The van der Waals surface area contributed by atoms with E-state index in [1.54, 1.807) is 48.4 Å². The number of fused-ring (bicyclic) bond motifs is 1. The fourth-order valence-electron chi connectivity index (χ4n) is 3.87. The molecule has 0 radical (unpaired) electrons. The van der Waals surface area contributed by atoms with Crippen LogP contribution in [-0.4, -0.2) is 46.0 Å². The Bertz CT molecular complexity index is 1220. The van der Waals surface area contributed by atoms with Gasteiger partial charge in [0.25, 0.3) is 17.5 Å². The molecule has 158 valence electrons. The van der Waals surface area contributed by atoms with E-state index in [0.29, 0.717) is 59.8 Å². The number of amides is 2. The first kappa shape index (κ1) is 19.1. The van der Waals surface area contributed by atoms with Gasteiger partial charge in [-0.3, -0.25) is 9.59 Å². The number of carbonyl (C=O) groups is 2. The maximum Gasteiger partial charge on any atom is 0.289 e. The SMILES string of the molecule is Cc1noc2nc(-c3ccco3)cc(C(=O)NC3CCN(C(=O)c4ccco4)CC3)c12. The van der Waals surface area contributed by atoms with Gasteiger partial charge in [-0.1, -0.05) is 5.16 Å². The molecule has 1 aliphatic rings. The third kappa shape index (κ3) is 3.58. The number of hydrogen-bond acceptors (Lipinski definition) is 7. The Labute approximate surface area is 177 Å². The second kappa shape index (κ2) is 7.75. The van der Waals surface area contributed by atoms with Crippen LogP contribution in [0.2, 0.25) is 0 Å². The van der Waals surface area contributed by atoms with Crippen LogP contribution in [-0.2, 0) is 0 Å². The molecule has 0 bridgehead atoms. The summed E-state index contributed by atoms with van der Waals surface area (Å²) in [5.74, 6) is 0.501. The molecule has 2 amide bonds. The lowest BCUT2D eigenvalue weighted by molar-refractivity contribution is 0.0667. The van der Waals surface area contributed by atoms with Gasteiger partial charge in [0, 0.05) is 19.1 Å². The highest BCUT2D eigenvalue weighted by Crippen LogP contribution is 2.27. The zero-order valence-electron chi connectivity index (χ0n) is 16.8. The van der Waals surface area contributed by atoms with E-state index in [1.807, 2.05) is 0 Å². The molecular formula is C22H20N4O5. The zero-order valence-corrected chi connectivity index (χ0v) is 16.8. The van der Waals surface area contributed by atoms with Crippen molar-refractivity contribution in [3.05, 3.63) is 59.9 Å². The first-order valence-electron chi connectivity index (χ1n) is 10.0. The molecule has 4 aromatic heterocycles. The molecule has 0 aromatic carbocycles. The zero-order chi connectivity index (χ0) is 21.4. The fourth-order valence-corrected chi connectivity index (χ4v) is 3.87. The van der Waals surface area contributed by atoms with Crippen LogP contribution in [0.5, 0.6) is 0 Å². The lowest BCUT2D eigenvalue weighted by Crippen LogP contribution is -2.46. The molecule has 1 fully saturated rings. The van der Waals surface area contributed by atoms with Crippen LogP contribution >= 0.6 is 0 Å². The summed E-state index contributed by atoms with van der Waals surface area (Å²) in [5.41, 5.74) is 1.81. The summed E-state index contributed by atoms with van der Waals surface area (Å²) < 4.78 is 15.9. The monoisotopic (exact) mass is 420 g/mol. The van der Waals surface area contributed by atoms with Gasteiger partial charge in [-0.05, 0) is 50.1 Å². The number of hydrogen-bond donors (Lipinski definition) is 1. The molecule has 0 aliphatic carbocycles. The lowest BCUT2D eigenvalue weighted by atomic mass is 10.0. The molecule has 31 heavy (non-hydrogen) atoms. The molecule has 9 nitrogen and oxygen atoms in total. The van der Waals surface area contributed by atoms with Crippen molar-refractivity contribution >= 4 is 22.9 Å². The summed E-state index contributed by atoms with van der Waals surface area (Å²) in [6.07, 6.45) is 4.34. The molecule has 5 rings (SSSR count). The molecule has 0 saturated carbocycles. The number of aromatic nitrogens is 2. The van der Waals surface area contributed by atoms with Gasteiger partial charge in [-0.25, -0.2) is 4.98 Å². The quantitative estimate of drug-likeness (QED) is 0.538. The Hall–Kier alpha value is -3.88. The molecule has 1 saturated heterocycles. The molecule has 0 atom stereocenters. The van der Waals surface area contributed by atoms with Gasteiger partial charge in [0.05, 0.1) is 29.2 Å².